The second kappa shape index (κ2) is 6.15. The highest BCUT2D eigenvalue weighted by molar-refractivity contribution is 6.17. The first-order valence-electron chi connectivity index (χ1n) is 7.40. The maximum absolute atomic E-state index is 5.86. The Balaban J connectivity index is 1.65. The fourth-order valence-corrected chi connectivity index (χ4v) is 3.22. The lowest BCUT2D eigenvalue weighted by molar-refractivity contribution is 0.115. The molecule has 0 amide bonds. The molecule has 0 aromatic heterocycles. The van der Waals surface area contributed by atoms with Crippen LogP contribution < -0.4 is 4.74 Å². The van der Waals surface area contributed by atoms with Gasteiger partial charge in [0.25, 0.3) is 0 Å². The predicted octanol–water partition coefficient (Wildman–Crippen LogP) is 3.65. The molecule has 0 radical (unpaired) electrons. The molecule has 0 spiro atoms. The van der Waals surface area contributed by atoms with Crippen LogP contribution in [0.1, 0.15) is 37.2 Å². The van der Waals surface area contributed by atoms with E-state index in [1.807, 2.05) is 0 Å². The summed E-state index contributed by atoms with van der Waals surface area (Å²) in [6.45, 7) is 3.09. The largest absolute Gasteiger partial charge is 0.493 e. The van der Waals surface area contributed by atoms with E-state index in [0.717, 1.165) is 43.8 Å². The van der Waals surface area contributed by atoms with Gasteiger partial charge in [0.05, 0.1) is 6.61 Å². The zero-order chi connectivity index (χ0) is 13.1. The van der Waals surface area contributed by atoms with Gasteiger partial charge >= 0.3 is 0 Å². The van der Waals surface area contributed by atoms with E-state index in [1.54, 1.807) is 0 Å². The monoisotopic (exact) mass is 279 g/mol. The highest BCUT2D eigenvalue weighted by Gasteiger charge is 2.30. The smallest absolute Gasteiger partial charge is 0.122 e. The minimum atomic E-state index is 0.534. The van der Waals surface area contributed by atoms with Crippen LogP contribution in [-0.2, 0) is 0 Å². The number of alkyl halides is 1. The van der Waals surface area contributed by atoms with Gasteiger partial charge in [0.2, 0.25) is 0 Å². The van der Waals surface area contributed by atoms with Gasteiger partial charge in [0.15, 0.2) is 0 Å². The first kappa shape index (κ1) is 13.3. The Morgan fingerprint density at radius 2 is 2.11 bits per heavy atom. The van der Waals surface area contributed by atoms with E-state index >= 15 is 0 Å². The molecule has 19 heavy (non-hydrogen) atoms. The van der Waals surface area contributed by atoms with Gasteiger partial charge in [0, 0.05) is 29.9 Å². The van der Waals surface area contributed by atoms with E-state index in [9.17, 15) is 0 Å². The summed E-state index contributed by atoms with van der Waals surface area (Å²) < 4.78 is 5.80. The van der Waals surface area contributed by atoms with Crippen molar-refractivity contribution in [3.63, 3.8) is 0 Å². The molecule has 1 saturated carbocycles. The summed E-state index contributed by atoms with van der Waals surface area (Å²) in [4.78, 5) is 2.64. The molecular formula is C16H22ClNO. The van der Waals surface area contributed by atoms with Crippen LogP contribution in [-0.4, -0.2) is 36.5 Å². The molecule has 104 valence electrons. The zero-order valence-corrected chi connectivity index (χ0v) is 12.1. The molecule has 1 aromatic carbocycles. The van der Waals surface area contributed by atoms with E-state index in [2.05, 4.69) is 29.2 Å². The van der Waals surface area contributed by atoms with Crippen LogP contribution >= 0.6 is 11.6 Å². The summed E-state index contributed by atoms with van der Waals surface area (Å²) in [5, 5.41) is 0. The van der Waals surface area contributed by atoms with Gasteiger partial charge in [-0.15, -0.1) is 11.6 Å². The maximum atomic E-state index is 5.86. The van der Waals surface area contributed by atoms with Crippen molar-refractivity contribution in [2.45, 2.75) is 37.6 Å². The van der Waals surface area contributed by atoms with Gasteiger partial charge in [-0.1, -0.05) is 24.6 Å². The lowest BCUT2D eigenvalue weighted by atomic mass is 9.90. The number of fused-ring (bicyclic) bond motifs is 1. The SMILES string of the molecule is ClCCCN(CC1COc2ccccc21)C1CCC1. The molecule has 1 aliphatic heterocycles. The number of rotatable bonds is 6. The van der Waals surface area contributed by atoms with Crippen molar-refractivity contribution in [1.82, 2.24) is 4.90 Å². The third-order valence-electron chi connectivity index (χ3n) is 4.42. The second-order valence-corrected chi connectivity index (χ2v) is 6.05. The van der Waals surface area contributed by atoms with Crippen molar-refractivity contribution in [2.75, 3.05) is 25.6 Å². The van der Waals surface area contributed by atoms with Crippen LogP contribution in [0.4, 0.5) is 0 Å². The fourth-order valence-electron chi connectivity index (χ4n) is 3.10. The third kappa shape index (κ3) is 2.90. The van der Waals surface area contributed by atoms with Crippen molar-refractivity contribution in [2.24, 2.45) is 0 Å². The Morgan fingerprint density at radius 3 is 2.84 bits per heavy atom. The molecule has 1 aliphatic carbocycles. The standard InChI is InChI=1S/C16H22ClNO/c17-9-4-10-18(14-5-3-6-14)11-13-12-19-16-8-2-1-7-15(13)16/h1-2,7-8,13-14H,3-6,9-12H2. The van der Waals surface area contributed by atoms with Crippen molar-refractivity contribution in [3.8, 4) is 5.75 Å². The lowest BCUT2D eigenvalue weighted by Gasteiger charge is -2.38. The van der Waals surface area contributed by atoms with E-state index in [4.69, 9.17) is 16.3 Å². The minimum Gasteiger partial charge on any atom is -0.493 e. The van der Waals surface area contributed by atoms with Gasteiger partial charge < -0.3 is 4.74 Å². The molecule has 0 N–H and O–H groups in total. The fraction of sp³-hybridized carbons (Fsp3) is 0.625. The van der Waals surface area contributed by atoms with Crippen LogP contribution in [0, 0.1) is 0 Å². The van der Waals surface area contributed by atoms with Gasteiger partial charge in [0.1, 0.15) is 5.75 Å². The van der Waals surface area contributed by atoms with Gasteiger partial charge in [-0.25, -0.2) is 0 Å². The molecule has 1 heterocycles. The number of para-hydroxylation sites is 1. The number of halogens is 1. The summed E-state index contributed by atoms with van der Waals surface area (Å²) in [6.07, 6.45) is 5.20. The highest BCUT2D eigenvalue weighted by Crippen LogP contribution is 2.35. The molecular weight excluding hydrogens is 258 g/mol. The lowest BCUT2D eigenvalue weighted by Crippen LogP contribution is -2.43. The number of ether oxygens (including phenoxy) is 1. The molecule has 3 rings (SSSR count). The number of nitrogens with zero attached hydrogens (tertiary/aromatic N) is 1. The Morgan fingerprint density at radius 1 is 1.26 bits per heavy atom. The Kier molecular flexibility index (Phi) is 4.29. The molecule has 2 aliphatic rings. The van der Waals surface area contributed by atoms with E-state index in [0.29, 0.717) is 5.92 Å². The Bertz CT molecular complexity index is 419. The van der Waals surface area contributed by atoms with Crippen molar-refractivity contribution in [3.05, 3.63) is 29.8 Å². The van der Waals surface area contributed by atoms with Gasteiger partial charge in [-0.05, 0) is 31.9 Å². The Labute approximate surface area is 120 Å². The van der Waals surface area contributed by atoms with Gasteiger partial charge in [-0.3, -0.25) is 4.90 Å². The molecule has 1 aromatic rings. The van der Waals surface area contributed by atoms with Crippen LogP contribution in [0.2, 0.25) is 0 Å². The molecule has 2 nitrogen and oxygen atoms in total. The first-order valence-corrected chi connectivity index (χ1v) is 7.93. The van der Waals surface area contributed by atoms with Crippen LogP contribution in [0.15, 0.2) is 24.3 Å². The van der Waals surface area contributed by atoms with Crippen LogP contribution in [0.5, 0.6) is 5.75 Å². The molecule has 1 unspecified atom stereocenters. The number of benzene rings is 1. The molecule has 1 fully saturated rings. The van der Waals surface area contributed by atoms with Crippen LogP contribution in [0.25, 0.3) is 0 Å². The van der Waals surface area contributed by atoms with Gasteiger partial charge in [-0.2, -0.15) is 0 Å². The molecule has 1 atom stereocenters. The topological polar surface area (TPSA) is 12.5 Å². The Hall–Kier alpha value is -0.730. The average molecular weight is 280 g/mol. The molecule has 3 heteroatoms. The van der Waals surface area contributed by atoms with E-state index in [-0.39, 0.29) is 0 Å². The van der Waals surface area contributed by atoms with Crippen molar-refractivity contribution >= 4 is 11.6 Å². The summed E-state index contributed by atoms with van der Waals surface area (Å²) in [5.41, 5.74) is 1.39. The molecule has 0 bridgehead atoms. The van der Waals surface area contributed by atoms with Crippen molar-refractivity contribution in [1.29, 1.82) is 0 Å². The normalized spacial score (nSPS) is 22.1. The quantitative estimate of drug-likeness (QED) is 0.737. The number of hydrogen-bond donors (Lipinski definition) is 0. The summed E-state index contributed by atoms with van der Waals surface area (Å²) in [7, 11) is 0. The van der Waals surface area contributed by atoms with Crippen LogP contribution in [0.3, 0.4) is 0 Å². The van der Waals surface area contributed by atoms with E-state index in [1.165, 1.54) is 24.8 Å². The third-order valence-corrected chi connectivity index (χ3v) is 4.69. The first-order chi connectivity index (χ1) is 9.38. The average Bonchev–Trinajstić information content (AvgIpc) is 2.77. The zero-order valence-electron chi connectivity index (χ0n) is 11.4. The summed E-state index contributed by atoms with van der Waals surface area (Å²) in [6, 6.07) is 9.26. The number of hydrogen-bond acceptors (Lipinski definition) is 2. The molecule has 0 saturated heterocycles. The second-order valence-electron chi connectivity index (χ2n) is 5.67. The maximum Gasteiger partial charge on any atom is 0.122 e. The highest BCUT2D eigenvalue weighted by atomic mass is 35.5. The van der Waals surface area contributed by atoms with Crippen molar-refractivity contribution < 1.29 is 4.74 Å². The summed E-state index contributed by atoms with van der Waals surface area (Å²) in [5.74, 6) is 2.38. The summed E-state index contributed by atoms with van der Waals surface area (Å²) >= 11 is 5.86. The van der Waals surface area contributed by atoms with E-state index < -0.39 is 0 Å². The predicted molar refractivity (Wildman–Crippen MR) is 79.2 cm³/mol. The minimum absolute atomic E-state index is 0.534.